The fraction of sp³-hybridized carbons (Fsp3) is 0.308. The summed E-state index contributed by atoms with van der Waals surface area (Å²) in [5.74, 6) is -0.0125. The fourth-order valence-electron chi connectivity index (χ4n) is 1.78. The molecule has 4 heteroatoms. The molecule has 0 aliphatic carbocycles. The molecule has 0 bridgehead atoms. The fourth-order valence-corrected chi connectivity index (χ4v) is 1.78. The maximum atomic E-state index is 12.3. The lowest BCUT2D eigenvalue weighted by Crippen LogP contribution is -2.12. The second kappa shape index (κ2) is 4.91. The Morgan fingerprint density at radius 2 is 2.12 bits per heavy atom. The number of benzene rings is 1. The van der Waals surface area contributed by atoms with Crippen molar-refractivity contribution in [2.45, 2.75) is 26.8 Å². The van der Waals surface area contributed by atoms with E-state index in [0.29, 0.717) is 17.8 Å². The van der Waals surface area contributed by atoms with Crippen LogP contribution in [0.25, 0.3) is 0 Å². The zero-order valence-electron chi connectivity index (χ0n) is 10.1. The van der Waals surface area contributed by atoms with Crippen molar-refractivity contribution >= 4 is 5.78 Å². The van der Waals surface area contributed by atoms with Gasteiger partial charge in [-0.25, -0.2) is 4.68 Å². The molecule has 88 valence electrons. The Morgan fingerprint density at radius 3 is 2.82 bits per heavy atom. The van der Waals surface area contributed by atoms with Crippen LogP contribution in [-0.2, 0) is 6.54 Å². The average molecular weight is 229 g/mol. The van der Waals surface area contributed by atoms with Crippen molar-refractivity contribution in [3.05, 3.63) is 47.3 Å². The minimum absolute atomic E-state index is 0.0125. The molecular formula is C13H15N3O. The van der Waals surface area contributed by atoms with Gasteiger partial charge in [0.1, 0.15) is 5.69 Å². The van der Waals surface area contributed by atoms with Gasteiger partial charge in [-0.1, -0.05) is 36.4 Å². The van der Waals surface area contributed by atoms with E-state index < -0.39 is 0 Å². The van der Waals surface area contributed by atoms with E-state index >= 15 is 0 Å². The third-order valence-corrected chi connectivity index (χ3v) is 2.68. The predicted octanol–water partition coefficient (Wildman–Crippen LogP) is 2.23. The summed E-state index contributed by atoms with van der Waals surface area (Å²) in [4.78, 5) is 12.3. The average Bonchev–Trinajstić information content (AvgIpc) is 2.78. The summed E-state index contributed by atoms with van der Waals surface area (Å²) in [6, 6.07) is 7.56. The van der Waals surface area contributed by atoms with Gasteiger partial charge in [-0.2, -0.15) is 0 Å². The molecule has 0 amide bonds. The van der Waals surface area contributed by atoms with Gasteiger partial charge in [-0.3, -0.25) is 4.79 Å². The van der Waals surface area contributed by atoms with E-state index in [4.69, 9.17) is 0 Å². The maximum Gasteiger partial charge on any atom is 0.212 e. The third-order valence-electron chi connectivity index (χ3n) is 2.68. The van der Waals surface area contributed by atoms with Crippen molar-refractivity contribution in [3.8, 4) is 0 Å². The number of aryl methyl sites for hydroxylation is 2. The molecule has 0 atom stereocenters. The SMILES string of the molecule is CCCn1nncc1C(=O)c1ccccc1C. The molecule has 0 saturated heterocycles. The first-order valence-corrected chi connectivity index (χ1v) is 5.73. The Kier molecular flexibility index (Phi) is 3.32. The van der Waals surface area contributed by atoms with Crippen LogP contribution < -0.4 is 0 Å². The number of carbonyl (C=O) groups excluding carboxylic acids is 1. The topological polar surface area (TPSA) is 47.8 Å². The van der Waals surface area contributed by atoms with Crippen molar-refractivity contribution in [2.75, 3.05) is 0 Å². The van der Waals surface area contributed by atoms with Gasteiger partial charge in [0.15, 0.2) is 0 Å². The van der Waals surface area contributed by atoms with E-state index in [1.165, 1.54) is 6.20 Å². The minimum atomic E-state index is -0.0125. The molecule has 0 unspecified atom stereocenters. The first kappa shape index (κ1) is 11.5. The van der Waals surface area contributed by atoms with Crippen molar-refractivity contribution in [3.63, 3.8) is 0 Å². The second-order valence-electron chi connectivity index (χ2n) is 3.99. The first-order valence-electron chi connectivity index (χ1n) is 5.73. The molecule has 0 radical (unpaired) electrons. The highest BCUT2D eigenvalue weighted by molar-refractivity contribution is 6.08. The van der Waals surface area contributed by atoms with E-state index in [0.717, 1.165) is 12.0 Å². The number of nitrogens with zero attached hydrogens (tertiary/aromatic N) is 3. The molecule has 0 spiro atoms. The number of carbonyl (C=O) groups is 1. The highest BCUT2D eigenvalue weighted by atomic mass is 16.1. The predicted molar refractivity (Wildman–Crippen MR) is 64.9 cm³/mol. The zero-order chi connectivity index (χ0) is 12.3. The lowest BCUT2D eigenvalue weighted by Gasteiger charge is -2.05. The van der Waals surface area contributed by atoms with E-state index in [-0.39, 0.29) is 5.78 Å². The number of aromatic nitrogens is 3. The molecule has 1 aromatic carbocycles. The molecule has 17 heavy (non-hydrogen) atoms. The molecule has 0 aliphatic rings. The van der Waals surface area contributed by atoms with Gasteiger partial charge in [0.2, 0.25) is 5.78 Å². The lowest BCUT2D eigenvalue weighted by molar-refractivity contribution is 0.102. The molecule has 2 rings (SSSR count). The van der Waals surface area contributed by atoms with Gasteiger partial charge in [0.25, 0.3) is 0 Å². The van der Waals surface area contributed by atoms with Crippen LogP contribution in [0.1, 0.15) is 35.0 Å². The Balaban J connectivity index is 2.37. The lowest BCUT2D eigenvalue weighted by atomic mass is 10.0. The van der Waals surface area contributed by atoms with Crippen LogP contribution >= 0.6 is 0 Å². The van der Waals surface area contributed by atoms with Gasteiger partial charge < -0.3 is 0 Å². The summed E-state index contributed by atoms with van der Waals surface area (Å²) in [5, 5.41) is 7.74. The standard InChI is InChI=1S/C13H15N3O/c1-3-8-16-12(9-14-15-16)13(17)11-7-5-4-6-10(11)2/h4-7,9H,3,8H2,1-2H3. The highest BCUT2D eigenvalue weighted by Gasteiger charge is 2.16. The van der Waals surface area contributed by atoms with E-state index in [2.05, 4.69) is 10.3 Å². The van der Waals surface area contributed by atoms with Crippen LogP contribution in [0, 0.1) is 6.92 Å². The number of hydrogen-bond donors (Lipinski definition) is 0. The molecule has 0 N–H and O–H groups in total. The largest absolute Gasteiger partial charge is 0.287 e. The number of ketones is 1. The quantitative estimate of drug-likeness (QED) is 0.755. The second-order valence-corrected chi connectivity index (χ2v) is 3.99. The molecule has 1 heterocycles. The van der Waals surface area contributed by atoms with E-state index in [1.807, 2.05) is 38.1 Å². The van der Waals surface area contributed by atoms with Crippen LogP contribution in [0.5, 0.6) is 0 Å². The van der Waals surface area contributed by atoms with Crippen LogP contribution in [0.3, 0.4) is 0 Å². The molecule has 0 saturated carbocycles. The van der Waals surface area contributed by atoms with Crippen LogP contribution in [-0.4, -0.2) is 20.8 Å². The molecule has 2 aromatic rings. The first-order chi connectivity index (χ1) is 8.24. The van der Waals surface area contributed by atoms with Gasteiger partial charge in [-0.15, -0.1) is 5.10 Å². The summed E-state index contributed by atoms with van der Waals surface area (Å²) in [6.07, 6.45) is 2.46. The van der Waals surface area contributed by atoms with Gasteiger partial charge in [-0.05, 0) is 18.9 Å². The summed E-state index contributed by atoms with van der Waals surface area (Å²) < 4.78 is 1.66. The summed E-state index contributed by atoms with van der Waals surface area (Å²) in [5.41, 5.74) is 2.25. The van der Waals surface area contributed by atoms with Crippen LogP contribution in [0.4, 0.5) is 0 Å². The molecule has 0 aliphatic heterocycles. The highest BCUT2D eigenvalue weighted by Crippen LogP contribution is 2.13. The van der Waals surface area contributed by atoms with Gasteiger partial charge in [0.05, 0.1) is 6.20 Å². The summed E-state index contributed by atoms with van der Waals surface area (Å²) in [7, 11) is 0. The molecule has 4 nitrogen and oxygen atoms in total. The van der Waals surface area contributed by atoms with Crippen molar-refractivity contribution < 1.29 is 4.79 Å². The van der Waals surface area contributed by atoms with Gasteiger partial charge in [0, 0.05) is 12.1 Å². The van der Waals surface area contributed by atoms with Crippen molar-refractivity contribution in [2.24, 2.45) is 0 Å². The Hall–Kier alpha value is -1.97. The summed E-state index contributed by atoms with van der Waals surface area (Å²) in [6.45, 7) is 4.69. The van der Waals surface area contributed by atoms with Crippen LogP contribution in [0.15, 0.2) is 30.5 Å². The summed E-state index contributed by atoms with van der Waals surface area (Å²) >= 11 is 0. The Bertz CT molecular complexity index is 531. The Labute approximate surface area is 100 Å². The minimum Gasteiger partial charge on any atom is -0.287 e. The Morgan fingerprint density at radius 1 is 1.35 bits per heavy atom. The normalized spacial score (nSPS) is 10.5. The molecule has 0 fully saturated rings. The maximum absolute atomic E-state index is 12.3. The smallest absolute Gasteiger partial charge is 0.212 e. The van der Waals surface area contributed by atoms with Crippen molar-refractivity contribution in [1.82, 2.24) is 15.0 Å². The molecule has 1 aromatic heterocycles. The van der Waals surface area contributed by atoms with Gasteiger partial charge >= 0.3 is 0 Å². The number of hydrogen-bond acceptors (Lipinski definition) is 3. The van der Waals surface area contributed by atoms with E-state index in [9.17, 15) is 4.79 Å². The molecular weight excluding hydrogens is 214 g/mol. The van der Waals surface area contributed by atoms with E-state index in [1.54, 1.807) is 4.68 Å². The monoisotopic (exact) mass is 229 g/mol. The third kappa shape index (κ3) is 2.25. The number of rotatable bonds is 4. The van der Waals surface area contributed by atoms with Crippen LogP contribution in [0.2, 0.25) is 0 Å². The van der Waals surface area contributed by atoms with Crippen molar-refractivity contribution in [1.29, 1.82) is 0 Å². The zero-order valence-corrected chi connectivity index (χ0v) is 10.1.